The average Bonchev–Trinajstić information content (AvgIpc) is 1.85. The molecule has 0 aromatic carbocycles. The molecule has 60 valence electrons. The molecule has 0 rings (SSSR count). The number of hydrogen-bond acceptors (Lipinski definition) is 3. The normalized spacial score (nSPS) is 7.70. The molecule has 0 fully saturated rings. The van der Waals surface area contributed by atoms with Crippen molar-refractivity contribution in [2.24, 2.45) is 0 Å². The van der Waals surface area contributed by atoms with Gasteiger partial charge >= 0.3 is 39.5 Å². The fraction of sp³-hybridized carbons (Fsp3) is 0.500. The van der Waals surface area contributed by atoms with Crippen LogP contribution in [0.25, 0.3) is 0 Å². The van der Waals surface area contributed by atoms with Gasteiger partial charge in [-0.05, 0) is 0 Å². The van der Waals surface area contributed by atoms with Crippen LogP contribution >= 0.6 is 0 Å². The molecule has 0 amide bonds. The Morgan fingerprint density at radius 1 is 1.70 bits per heavy atom. The van der Waals surface area contributed by atoms with Crippen molar-refractivity contribution in [1.29, 1.82) is 0 Å². The third-order valence-corrected chi connectivity index (χ3v) is 0.368. The molecule has 3 nitrogen and oxygen atoms in total. The summed E-state index contributed by atoms with van der Waals surface area (Å²) >= 11 is -1.64. The topological polar surface area (TPSA) is 46.5 Å². The molecule has 4 heteroatoms. The number of rotatable bonds is 1. The molecule has 0 aliphatic heterocycles. The molecule has 0 unspecified atom stereocenters. The van der Waals surface area contributed by atoms with Gasteiger partial charge in [0.1, 0.15) is 0 Å². The summed E-state index contributed by atoms with van der Waals surface area (Å²) in [7, 11) is 1.31. The minimum atomic E-state index is -1.64. The van der Waals surface area contributed by atoms with Gasteiger partial charge in [-0.2, -0.15) is 0 Å². The number of methoxy groups -OCH3 is 1. The first-order valence-electron chi connectivity index (χ1n) is 2.93. The zero-order chi connectivity index (χ0) is 8.57. The standard InChI is InChI=1S/C4H6O2.2CH3.H2O.Sn.H/c1-3-4(5)6-2;;;;;/h3H,1H2,2H3;2*1H3;1H2;;/q;;;;+1;/p-1. The molecule has 0 bridgehead atoms. The summed E-state index contributed by atoms with van der Waals surface area (Å²) in [5, 5.41) is 0. The molecule has 0 saturated heterocycles. The molecule has 0 radical (unpaired) electrons. The second-order valence-electron chi connectivity index (χ2n) is 1.82. The summed E-state index contributed by atoms with van der Waals surface area (Å²) in [6, 6.07) is 0. The molecule has 10 heavy (non-hydrogen) atoms. The molecule has 0 aromatic heterocycles. The van der Waals surface area contributed by atoms with Gasteiger partial charge in [-0.25, -0.2) is 4.79 Å². The van der Waals surface area contributed by atoms with Crippen LogP contribution in [-0.4, -0.2) is 36.7 Å². The Hall–Kier alpha value is -0.0313. The van der Waals surface area contributed by atoms with Gasteiger partial charge < -0.3 is 4.74 Å². The van der Waals surface area contributed by atoms with Crippen LogP contribution in [0.2, 0.25) is 9.88 Å². The maximum absolute atomic E-state index is 9.84. The maximum atomic E-state index is 9.84. The van der Waals surface area contributed by atoms with Gasteiger partial charge in [0.2, 0.25) is 0 Å². The van der Waals surface area contributed by atoms with Crippen LogP contribution in [0, 0.1) is 0 Å². The van der Waals surface area contributed by atoms with Crippen molar-refractivity contribution in [3.63, 3.8) is 0 Å². The minimum absolute atomic E-state index is 0.394. The van der Waals surface area contributed by atoms with Gasteiger partial charge in [0.15, 0.2) is 0 Å². The third-order valence-electron chi connectivity index (χ3n) is 0.368. The van der Waals surface area contributed by atoms with Crippen molar-refractivity contribution < 1.29 is 13.0 Å². The Balaban J connectivity index is 0. The number of carbonyl (C=O) groups excluding carboxylic acids is 1. The number of carbonyl (C=O) groups is 1. The number of ether oxygens (including phenoxy) is 1. The molecule has 0 aliphatic carbocycles. The third kappa shape index (κ3) is 24.6. The van der Waals surface area contributed by atoms with E-state index in [2.05, 4.69) is 11.3 Å². The molecule has 0 atom stereocenters. The second-order valence-corrected chi connectivity index (χ2v) is 8.06. The van der Waals surface area contributed by atoms with Crippen LogP contribution in [-0.2, 0) is 9.53 Å². The Kier molecular flexibility index (Phi) is 11.3. The SMILES string of the molecule is C=CC(=O)OC.[CH3][SnH]([CH3])[OH]. The number of esters is 1. The van der Waals surface area contributed by atoms with Crippen molar-refractivity contribution in [2.45, 2.75) is 9.88 Å². The molecule has 1 N–H and O–H groups in total. The quantitative estimate of drug-likeness (QED) is 0.415. The van der Waals surface area contributed by atoms with E-state index in [1.807, 2.05) is 9.88 Å². The Bertz CT molecular complexity index is 98.4. The predicted octanol–water partition coefficient (Wildman–Crippen LogP) is 0.307. The number of hydrogen-bond donors (Lipinski definition) is 1. The predicted molar refractivity (Wildman–Crippen MR) is 43.3 cm³/mol. The first-order chi connectivity index (χ1) is 4.54. The Morgan fingerprint density at radius 3 is 2.00 bits per heavy atom. The summed E-state index contributed by atoms with van der Waals surface area (Å²) in [5.41, 5.74) is 0. The average molecular weight is 253 g/mol. The Morgan fingerprint density at radius 2 is 2.00 bits per heavy atom. The summed E-state index contributed by atoms with van der Waals surface area (Å²) in [6.45, 7) is 3.16. The van der Waals surface area contributed by atoms with E-state index >= 15 is 0 Å². The fourth-order valence-corrected chi connectivity index (χ4v) is 0.0833. The summed E-state index contributed by atoms with van der Waals surface area (Å²) in [4.78, 5) is 13.7. The van der Waals surface area contributed by atoms with Gasteiger partial charge in [-0.3, -0.25) is 0 Å². The van der Waals surface area contributed by atoms with E-state index < -0.39 is 26.1 Å². The monoisotopic (exact) mass is 254 g/mol. The van der Waals surface area contributed by atoms with Crippen molar-refractivity contribution in [2.75, 3.05) is 7.11 Å². The first kappa shape index (κ1) is 12.6. The van der Waals surface area contributed by atoms with Crippen molar-refractivity contribution in [1.82, 2.24) is 0 Å². The van der Waals surface area contributed by atoms with E-state index in [1.165, 1.54) is 7.11 Å². The molecule has 0 saturated carbocycles. The molecule has 0 heterocycles. The van der Waals surface area contributed by atoms with Crippen LogP contribution < -0.4 is 0 Å². The van der Waals surface area contributed by atoms with Crippen LogP contribution in [0.5, 0.6) is 0 Å². The second kappa shape index (κ2) is 8.97. The zero-order valence-corrected chi connectivity index (χ0v) is 9.92. The van der Waals surface area contributed by atoms with Gasteiger partial charge in [-0.15, -0.1) is 0 Å². The first-order valence-corrected chi connectivity index (χ1v) is 11.0. The van der Waals surface area contributed by atoms with Gasteiger partial charge in [-0.1, -0.05) is 6.58 Å². The van der Waals surface area contributed by atoms with E-state index in [1.54, 1.807) is 0 Å². The molecule has 0 aliphatic rings. The van der Waals surface area contributed by atoms with Crippen molar-refractivity contribution in [3.05, 3.63) is 12.7 Å². The van der Waals surface area contributed by atoms with Gasteiger partial charge in [0.25, 0.3) is 0 Å². The van der Waals surface area contributed by atoms with E-state index in [4.69, 9.17) is 3.44 Å². The van der Waals surface area contributed by atoms with Gasteiger partial charge in [0, 0.05) is 6.08 Å². The molecule has 0 spiro atoms. The van der Waals surface area contributed by atoms with Crippen LogP contribution in [0.1, 0.15) is 0 Å². The van der Waals surface area contributed by atoms with E-state index in [0.717, 1.165) is 6.08 Å². The summed E-state index contributed by atoms with van der Waals surface area (Å²) in [6.07, 6.45) is 1.11. The molecular weight excluding hydrogens is 239 g/mol. The molecular formula is C6H14O3Sn. The van der Waals surface area contributed by atoms with E-state index in [-0.39, 0.29) is 0 Å². The van der Waals surface area contributed by atoms with Crippen molar-refractivity contribution in [3.8, 4) is 0 Å². The van der Waals surface area contributed by atoms with Gasteiger partial charge in [0.05, 0.1) is 7.11 Å². The summed E-state index contributed by atoms with van der Waals surface area (Å²) in [5.74, 6) is -0.394. The zero-order valence-electron chi connectivity index (χ0n) is 6.63. The van der Waals surface area contributed by atoms with Crippen molar-refractivity contribution >= 4 is 26.1 Å². The van der Waals surface area contributed by atoms with Crippen LogP contribution in [0.4, 0.5) is 0 Å². The van der Waals surface area contributed by atoms with Crippen LogP contribution in [0.3, 0.4) is 0 Å². The van der Waals surface area contributed by atoms with E-state index in [9.17, 15) is 4.79 Å². The summed E-state index contributed by atoms with van der Waals surface area (Å²) < 4.78 is 12.4. The fourth-order valence-electron chi connectivity index (χ4n) is 0.0833. The Labute approximate surface area is 69.0 Å². The van der Waals surface area contributed by atoms with E-state index in [0.29, 0.717) is 0 Å². The molecule has 0 aromatic rings. The van der Waals surface area contributed by atoms with Crippen LogP contribution in [0.15, 0.2) is 12.7 Å².